The Labute approximate surface area is 175 Å². The summed E-state index contributed by atoms with van der Waals surface area (Å²) in [6, 6.07) is 13.7. The highest BCUT2D eigenvalue weighted by molar-refractivity contribution is 6.30. The molecule has 2 aromatic carbocycles. The number of carbonyl (C=O) groups excluding carboxylic acids is 1. The molecule has 3 atom stereocenters. The molecule has 1 amide bonds. The average Bonchev–Trinajstić information content (AvgIpc) is 2.66. The predicted molar refractivity (Wildman–Crippen MR) is 116 cm³/mol. The van der Waals surface area contributed by atoms with Crippen LogP contribution in [0.3, 0.4) is 0 Å². The van der Waals surface area contributed by atoms with Crippen LogP contribution in [-0.4, -0.2) is 28.2 Å². The van der Waals surface area contributed by atoms with Crippen molar-refractivity contribution in [2.24, 2.45) is 5.92 Å². The van der Waals surface area contributed by atoms with Crippen LogP contribution in [0.1, 0.15) is 23.7 Å². The van der Waals surface area contributed by atoms with Crippen molar-refractivity contribution in [2.75, 3.05) is 5.32 Å². The van der Waals surface area contributed by atoms with Gasteiger partial charge in [-0.1, -0.05) is 35.9 Å². The van der Waals surface area contributed by atoms with Crippen LogP contribution in [0.4, 0.5) is 5.95 Å². The smallest absolute Gasteiger partial charge is 0.227 e. The third-order valence-corrected chi connectivity index (χ3v) is 5.59. The Kier molecular flexibility index (Phi) is 5.39. The molecule has 3 aromatic rings. The zero-order valence-corrected chi connectivity index (χ0v) is 17.4. The Hall–Kier alpha value is -2.70. The standard InChI is InChI=1S/C22H24ClN5O/c1-12-4-9-17-13(2)24-21(26-19(17)10-12)28-22-25-14(3)18(20(29)27-22)11-15-5-7-16(23)8-6-15/h4-10,14,18,22,25H,11H2,1-3H3,(H,27,29)(H,24,26,28). The van der Waals surface area contributed by atoms with Gasteiger partial charge in [0, 0.05) is 16.5 Å². The molecule has 1 fully saturated rings. The normalized spacial score (nSPS) is 21.8. The Morgan fingerprint density at radius 3 is 2.59 bits per heavy atom. The molecule has 6 nitrogen and oxygen atoms in total. The number of aromatic nitrogens is 2. The fourth-order valence-electron chi connectivity index (χ4n) is 3.71. The van der Waals surface area contributed by atoms with E-state index >= 15 is 0 Å². The van der Waals surface area contributed by atoms with Crippen molar-refractivity contribution >= 4 is 34.4 Å². The number of fused-ring (bicyclic) bond motifs is 1. The number of hydrogen-bond donors (Lipinski definition) is 3. The van der Waals surface area contributed by atoms with Crippen LogP contribution in [0.25, 0.3) is 10.9 Å². The molecule has 7 heteroatoms. The second kappa shape index (κ2) is 7.97. The summed E-state index contributed by atoms with van der Waals surface area (Å²) in [6.07, 6.45) is 0.218. The third-order valence-electron chi connectivity index (χ3n) is 5.34. The largest absolute Gasteiger partial charge is 0.323 e. The molecule has 1 aromatic heterocycles. The van der Waals surface area contributed by atoms with Crippen LogP contribution in [0, 0.1) is 19.8 Å². The molecule has 150 valence electrons. The van der Waals surface area contributed by atoms with Crippen LogP contribution in [0.15, 0.2) is 42.5 Å². The van der Waals surface area contributed by atoms with E-state index in [1.165, 1.54) is 0 Å². The number of nitrogens with one attached hydrogen (secondary N) is 3. The molecule has 0 saturated carbocycles. The number of rotatable bonds is 4. The monoisotopic (exact) mass is 409 g/mol. The topological polar surface area (TPSA) is 78.9 Å². The maximum atomic E-state index is 12.7. The van der Waals surface area contributed by atoms with Gasteiger partial charge in [-0.3, -0.25) is 10.1 Å². The number of carbonyl (C=O) groups is 1. The van der Waals surface area contributed by atoms with Crippen molar-refractivity contribution in [3.63, 3.8) is 0 Å². The third kappa shape index (κ3) is 4.33. The lowest BCUT2D eigenvalue weighted by Crippen LogP contribution is -2.63. The van der Waals surface area contributed by atoms with Crippen LogP contribution >= 0.6 is 11.6 Å². The first-order valence-electron chi connectivity index (χ1n) is 9.71. The number of aryl methyl sites for hydroxylation is 2. The van der Waals surface area contributed by atoms with E-state index in [0.29, 0.717) is 17.4 Å². The molecule has 0 aliphatic carbocycles. The van der Waals surface area contributed by atoms with E-state index in [4.69, 9.17) is 11.6 Å². The molecule has 0 bridgehead atoms. The Balaban J connectivity index is 1.47. The minimum absolute atomic E-state index is 0.00273. The highest BCUT2D eigenvalue weighted by Gasteiger charge is 2.33. The van der Waals surface area contributed by atoms with Gasteiger partial charge < -0.3 is 10.6 Å². The van der Waals surface area contributed by atoms with Gasteiger partial charge in [0.25, 0.3) is 0 Å². The van der Waals surface area contributed by atoms with Gasteiger partial charge in [-0.2, -0.15) is 0 Å². The predicted octanol–water partition coefficient (Wildman–Crippen LogP) is 3.56. The summed E-state index contributed by atoms with van der Waals surface area (Å²) in [5.41, 5.74) is 4.01. The van der Waals surface area contributed by atoms with Gasteiger partial charge in [0.2, 0.25) is 11.9 Å². The Morgan fingerprint density at radius 1 is 1.10 bits per heavy atom. The number of hydrogen-bond acceptors (Lipinski definition) is 5. The van der Waals surface area contributed by atoms with E-state index in [0.717, 1.165) is 27.7 Å². The van der Waals surface area contributed by atoms with Crippen LogP contribution in [-0.2, 0) is 11.2 Å². The van der Waals surface area contributed by atoms with Gasteiger partial charge in [-0.15, -0.1) is 0 Å². The lowest BCUT2D eigenvalue weighted by molar-refractivity contribution is -0.128. The van der Waals surface area contributed by atoms with Gasteiger partial charge in [0.15, 0.2) is 6.29 Å². The molecular weight excluding hydrogens is 386 g/mol. The Bertz CT molecular complexity index is 1050. The lowest BCUT2D eigenvalue weighted by atomic mass is 9.91. The van der Waals surface area contributed by atoms with Gasteiger partial charge in [-0.05, 0) is 56.5 Å². The van der Waals surface area contributed by atoms with Crippen molar-refractivity contribution in [2.45, 2.75) is 39.5 Å². The quantitative estimate of drug-likeness (QED) is 0.614. The van der Waals surface area contributed by atoms with Crippen molar-refractivity contribution < 1.29 is 4.79 Å². The van der Waals surface area contributed by atoms with Crippen molar-refractivity contribution in [1.82, 2.24) is 20.6 Å². The number of anilines is 1. The van der Waals surface area contributed by atoms with E-state index < -0.39 is 6.29 Å². The van der Waals surface area contributed by atoms with Gasteiger partial charge >= 0.3 is 0 Å². The number of amides is 1. The maximum Gasteiger partial charge on any atom is 0.227 e. The van der Waals surface area contributed by atoms with E-state index in [2.05, 4.69) is 32.0 Å². The molecule has 1 saturated heterocycles. The highest BCUT2D eigenvalue weighted by atomic mass is 35.5. The number of benzene rings is 2. The molecule has 1 aliphatic heterocycles. The fraction of sp³-hybridized carbons (Fsp3) is 0.318. The summed E-state index contributed by atoms with van der Waals surface area (Å²) in [4.78, 5) is 21.9. The molecule has 1 aliphatic rings. The summed E-state index contributed by atoms with van der Waals surface area (Å²) < 4.78 is 0. The zero-order valence-electron chi connectivity index (χ0n) is 16.7. The molecule has 2 heterocycles. The summed E-state index contributed by atoms with van der Waals surface area (Å²) in [5, 5.41) is 11.3. The molecule has 0 spiro atoms. The minimum Gasteiger partial charge on any atom is -0.323 e. The molecule has 3 unspecified atom stereocenters. The van der Waals surface area contributed by atoms with Gasteiger partial charge in [-0.25, -0.2) is 9.97 Å². The lowest BCUT2D eigenvalue weighted by Gasteiger charge is -2.36. The maximum absolute atomic E-state index is 12.7. The summed E-state index contributed by atoms with van der Waals surface area (Å²) in [5.74, 6) is 0.315. The molecule has 4 rings (SSSR count). The van der Waals surface area contributed by atoms with Crippen molar-refractivity contribution in [3.05, 3.63) is 64.3 Å². The van der Waals surface area contributed by atoms with Crippen molar-refractivity contribution in [3.8, 4) is 0 Å². The van der Waals surface area contributed by atoms with E-state index in [1.807, 2.05) is 57.2 Å². The number of halogens is 1. The van der Waals surface area contributed by atoms with Crippen LogP contribution in [0.5, 0.6) is 0 Å². The summed E-state index contributed by atoms with van der Waals surface area (Å²) >= 11 is 5.95. The molecule has 3 N–H and O–H groups in total. The summed E-state index contributed by atoms with van der Waals surface area (Å²) in [6.45, 7) is 6.02. The highest BCUT2D eigenvalue weighted by Crippen LogP contribution is 2.21. The fourth-order valence-corrected chi connectivity index (χ4v) is 3.84. The second-order valence-corrected chi connectivity index (χ2v) is 8.07. The van der Waals surface area contributed by atoms with Crippen molar-refractivity contribution in [1.29, 1.82) is 0 Å². The Morgan fingerprint density at radius 2 is 1.86 bits per heavy atom. The summed E-state index contributed by atoms with van der Waals surface area (Å²) in [7, 11) is 0. The first-order valence-corrected chi connectivity index (χ1v) is 10.1. The van der Waals surface area contributed by atoms with E-state index in [9.17, 15) is 4.79 Å². The molecule has 29 heavy (non-hydrogen) atoms. The zero-order chi connectivity index (χ0) is 20.5. The van der Waals surface area contributed by atoms with E-state index in [1.54, 1.807) is 0 Å². The minimum atomic E-state index is -0.430. The molecular formula is C22H24ClN5O. The first kappa shape index (κ1) is 19.6. The SMILES string of the molecule is Cc1ccc2c(C)nc(NC3NC(=O)C(Cc4ccc(Cl)cc4)C(C)N3)nc2c1. The number of nitrogens with zero attached hydrogens (tertiary/aromatic N) is 2. The van der Waals surface area contributed by atoms with E-state index in [-0.39, 0.29) is 17.9 Å². The van der Waals surface area contributed by atoms with Crippen LogP contribution in [0.2, 0.25) is 5.02 Å². The van der Waals surface area contributed by atoms with Gasteiger partial charge in [0.05, 0.1) is 17.1 Å². The van der Waals surface area contributed by atoms with Crippen LogP contribution < -0.4 is 16.0 Å². The van der Waals surface area contributed by atoms with Gasteiger partial charge in [0.1, 0.15) is 0 Å². The average molecular weight is 410 g/mol. The second-order valence-electron chi connectivity index (χ2n) is 7.63. The molecule has 0 radical (unpaired) electrons. The first-order chi connectivity index (χ1) is 13.9.